The lowest BCUT2D eigenvalue weighted by Gasteiger charge is -2.15. The van der Waals surface area contributed by atoms with Gasteiger partial charge in [0.25, 0.3) is 0 Å². The summed E-state index contributed by atoms with van der Waals surface area (Å²) in [6.45, 7) is 4.94. The third-order valence-corrected chi connectivity index (χ3v) is 3.22. The summed E-state index contributed by atoms with van der Waals surface area (Å²) in [5.41, 5.74) is 1.16. The topological polar surface area (TPSA) is 34.0 Å². The lowest BCUT2D eigenvalue weighted by atomic mass is 10.4. The first-order chi connectivity index (χ1) is 7.74. The van der Waals surface area contributed by atoms with Gasteiger partial charge in [-0.05, 0) is 14.0 Å². The van der Waals surface area contributed by atoms with Crippen LogP contribution in [-0.2, 0) is 13.1 Å². The molecule has 16 heavy (non-hydrogen) atoms. The maximum absolute atomic E-state index is 4.45. The zero-order chi connectivity index (χ0) is 11.4. The van der Waals surface area contributed by atoms with Gasteiger partial charge in [0, 0.05) is 37.4 Å². The van der Waals surface area contributed by atoms with Crippen LogP contribution in [0.25, 0.3) is 0 Å². The summed E-state index contributed by atoms with van der Waals surface area (Å²) in [7, 11) is 2.12. The van der Waals surface area contributed by atoms with Crippen LogP contribution in [0.4, 0.5) is 0 Å². The minimum Gasteiger partial charge on any atom is -0.336 e. The van der Waals surface area contributed by atoms with Crippen molar-refractivity contribution in [2.24, 2.45) is 0 Å². The van der Waals surface area contributed by atoms with Crippen molar-refractivity contribution in [2.75, 3.05) is 13.6 Å². The number of hydrogen-bond acceptors (Lipinski definition) is 4. The number of hydrogen-bond donors (Lipinski definition) is 0. The molecule has 0 aliphatic heterocycles. The Hall–Kier alpha value is -1.20. The lowest BCUT2D eigenvalue weighted by molar-refractivity contribution is 0.308. The molecule has 2 heterocycles. The van der Waals surface area contributed by atoms with Crippen LogP contribution >= 0.6 is 11.3 Å². The lowest BCUT2D eigenvalue weighted by Crippen LogP contribution is -2.22. The molecule has 0 aliphatic rings. The van der Waals surface area contributed by atoms with Gasteiger partial charge in [0.1, 0.15) is 0 Å². The Bertz CT molecular complexity index is 421. The van der Waals surface area contributed by atoms with E-state index in [0.29, 0.717) is 0 Å². The van der Waals surface area contributed by atoms with E-state index < -0.39 is 0 Å². The van der Waals surface area contributed by atoms with Crippen molar-refractivity contribution in [1.82, 2.24) is 19.4 Å². The van der Waals surface area contributed by atoms with Crippen molar-refractivity contribution in [2.45, 2.75) is 20.0 Å². The number of nitrogens with zero attached hydrogens (tertiary/aromatic N) is 4. The first-order valence-corrected chi connectivity index (χ1v) is 6.17. The molecule has 0 radical (unpaired) electrons. The molecule has 0 amide bonds. The predicted molar refractivity (Wildman–Crippen MR) is 65.4 cm³/mol. The molecule has 0 spiro atoms. The zero-order valence-corrected chi connectivity index (χ0v) is 10.4. The van der Waals surface area contributed by atoms with Gasteiger partial charge in [0.05, 0.1) is 17.0 Å². The molecule has 0 fully saturated rings. The van der Waals surface area contributed by atoms with Crippen LogP contribution < -0.4 is 0 Å². The van der Waals surface area contributed by atoms with Crippen LogP contribution in [0.15, 0.2) is 24.1 Å². The summed E-state index contributed by atoms with van der Waals surface area (Å²) >= 11 is 1.71. The van der Waals surface area contributed by atoms with Gasteiger partial charge < -0.3 is 4.57 Å². The van der Waals surface area contributed by atoms with Gasteiger partial charge in [0.15, 0.2) is 0 Å². The molecule has 0 saturated heterocycles. The molecule has 2 rings (SSSR count). The van der Waals surface area contributed by atoms with Crippen molar-refractivity contribution in [3.63, 3.8) is 0 Å². The molecule has 0 unspecified atom stereocenters. The van der Waals surface area contributed by atoms with Crippen LogP contribution in [-0.4, -0.2) is 33.0 Å². The van der Waals surface area contributed by atoms with Crippen molar-refractivity contribution >= 4 is 11.3 Å². The molecule has 2 aromatic heterocycles. The third-order valence-electron chi connectivity index (χ3n) is 2.40. The third kappa shape index (κ3) is 3.15. The molecule has 4 nitrogen and oxygen atoms in total. The zero-order valence-electron chi connectivity index (χ0n) is 9.63. The summed E-state index contributed by atoms with van der Waals surface area (Å²) in [6.07, 6.45) is 5.64. The molecule has 0 aliphatic carbocycles. The predicted octanol–water partition coefficient (Wildman–Crippen LogP) is 1.78. The van der Waals surface area contributed by atoms with Crippen molar-refractivity contribution in [3.8, 4) is 0 Å². The van der Waals surface area contributed by atoms with Crippen molar-refractivity contribution in [1.29, 1.82) is 0 Å². The molecule has 0 N–H and O–H groups in total. The van der Waals surface area contributed by atoms with E-state index in [1.807, 2.05) is 25.6 Å². The normalized spacial score (nSPS) is 11.2. The van der Waals surface area contributed by atoms with Crippen LogP contribution in [0, 0.1) is 6.92 Å². The minimum absolute atomic E-state index is 0.916. The first kappa shape index (κ1) is 11.3. The fraction of sp³-hybridized carbons (Fsp3) is 0.455. The smallest absolute Gasteiger partial charge is 0.0946 e. The van der Waals surface area contributed by atoms with Crippen LogP contribution in [0.3, 0.4) is 0 Å². The highest BCUT2D eigenvalue weighted by atomic mass is 32.1. The summed E-state index contributed by atoms with van der Waals surface area (Å²) in [6, 6.07) is 0. The molecule has 0 bridgehead atoms. The summed E-state index contributed by atoms with van der Waals surface area (Å²) in [5.74, 6) is 0. The highest BCUT2D eigenvalue weighted by molar-refractivity contribution is 7.09. The molecule has 86 valence electrons. The van der Waals surface area contributed by atoms with E-state index in [4.69, 9.17) is 0 Å². The van der Waals surface area contributed by atoms with E-state index in [2.05, 4.69) is 31.9 Å². The van der Waals surface area contributed by atoms with Gasteiger partial charge >= 0.3 is 0 Å². The van der Waals surface area contributed by atoms with Gasteiger partial charge in [-0.2, -0.15) is 0 Å². The molecule has 5 heteroatoms. The van der Waals surface area contributed by atoms with Gasteiger partial charge in [0.2, 0.25) is 0 Å². The Morgan fingerprint density at radius 1 is 1.50 bits per heavy atom. The van der Waals surface area contributed by atoms with Gasteiger partial charge in [-0.1, -0.05) is 0 Å². The van der Waals surface area contributed by atoms with Crippen LogP contribution in [0.2, 0.25) is 0 Å². The van der Waals surface area contributed by atoms with E-state index in [9.17, 15) is 0 Å². The SMILES string of the molecule is Cc1nc(CN(C)CCn2ccnc2)cs1. The van der Waals surface area contributed by atoms with Gasteiger partial charge in [-0.25, -0.2) is 9.97 Å². The first-order valence-electron chi connectivity index (χ1n) is 5.29. The molecule has 0 atom stereocenters. The quantitative estimate of drug-likeness (QED) is 0.793. The number of aryl methyl sites for hydroxylation is 1. The summed E-state index contributed by atoms with van der Waals surface area (Å²) in [4.78, 5) is 10.7. The van der Waals surface area contributed by atoms with Gasteiger partial charge in [-0.3, -0.25) is 4.90 Å². The highest BCUT2D eigenvalue weighted by Gasteiger charge is 2.03. The Labute approximate surface area is 99.6 Å². The van der Waals surface area contributed by atoms with E-state index in [-0.39, 0.29) is 0 Å². The van der Waals surface area contributed by atoms with Gasteiger partial charge in [-0.15, -0.1) is 11.3 Å². The van der Waals surface area contributed by atoms with E-state index in [1.54, 1.807) is 11.3 Å². The molecular formula is C11H16N4S. The monoisotopic (exact) mass is 236 g/mol. The maximum Gasteiger partial charge on any atom is 0.0946 e. The average molecular weight is 236 g/mol. The Morgan fingerprint density at radius 3 is 3.00 bits per heavy atom. The van der Waals surface area contributed by atoms with E-state index in [0.717, 1.165) is 30.3 Å². The number of likely N-dealkylation sites (N-methyl/N-ethyl adjacent to an activating group) is 1. The summed E-state index contributed by atoms with van der Waals surface area (Å²) in [5, 5.41) is 3.27. The second-order valence-corrected chi connectivity index (χ2v) is 4.96. The summed E-state index contributed by atoms with van der Waals surface area (Å²) < 4.78 is 2.09. The van der Waals surface area contributed by atoms with Crippen molar-refractivity contribution in [3.05, 3.63) is 34.8 Å². The second-order valence-electron chi connectivity index (χ2n) is 3.90. The standard InChI is InChI=1S/C11H16N4S/c1-10-13-11(8-16-10)7-14(2)5-6-15-4-3-12-9-15/h3-4,8-9H,5-7H2,1-2H3. The maximum atomic E-state index is 4.45. The fourth-order valence-electron chi connectivity index (χ4n) is 1.54. The highest BCUT2D eigenvalue weighted by Crippen LogP contribution is 2.09. The average Bonchev–Trinajstić information content (AvgIpc) is 2.87. The Balaban J connectivity index is 1.78. The van der Waals surface area contributed by atoms with Crippen LogP contribution in [0.1, 0.15) is 10.7 Å². The number of aromatic nitrogens is 3. The molecule has 2 aromatic rings. The fourth-order valence-corrected chi connectivity index (χ4v) is 2.15. The molecular weight excluding hydrogens is 220 g/mol. The van der Waals surface area contributed by atoms with Crippen molar-refractivity contribution < 1.29 is 0 Å². The van der Waals surface area contributed by atoms with E-state index in [1.165, 1.54) is 0 Å². The molecule has 0 aromatic carbocycles. The molecule has 0 saturated carbocycles. The number of thiazole rings is 1. The Kier molecular flexibility index (Phi) is 3.69. The largest absolute Gasteiger partial charge is 0.336 e. The number of imidazole rings is 1. The Morgan fingerprint density at radius 2 is 2.38 bits per heavy atom. The van der Waals surface area contributed by atoms with E-state index >= 15 is 0 Å². The second kappa shape index (κ2) is 5.23. The minimum atomic E-state index is 0.916. The van der Waals surface area contributed by atoms with Crippen LogP contribution in [0.5, 0.6) is 0 Å². The number of rotatable bonds is 5.